The fraction of sp³-hybridized carbons (Fsp3) is 1.00. The Morgan fingerprint density at radius 3 is 2.18 bits per heavy atom. The predicted octanol–water partition coefficient (Wildman–Crippen LogP) is 2.89. The molecule has 2 aliphatic rings. The highest BCUT2D eigenvalue weighted by Gasteiger charge is 2.40. The largest absolute Gasteiger partial charge is 0.316 e. The van der Waals surface area contributed by atoms with E-state index in [1.54, 1.807) is 0 Å². The lowest BCUT2D eigenvalue weighted by molar-refractivity contribution is 0.161. The number of nitrogens with one attached hydrogen (secondary N) is 1. The van der Waals surface area contributed by atoms with Crippen LogP contribution < -0.4 is 5.32 Å². The van der Waals surface area contributed by atoms with E-state index in [2.05, 4.69) is 31.0 Å². The van der Waals surface area contributed by atoms with Crippen molar-refractivity contribution in [1.82, 2.24) is 10.2 Å². The summed E-state index contributed by atoms with van der Waals surface area (Å²) in [6.07, 6.45) is 6.86. The molecule has 1 unspecified atom stereocenters. The van der Waals surface area contributed by atoms with Crippen molar-refractivity contribution in [2.45, 2.75) is 52.9 Å². The van der Waals surface area contributed by atoms with E-state index in [0.717, 1.165) is 0 Å². The molecular weight excluding hydrogens is 208 g/mol. The Kier molecular flexibility index (Phi) is 4.14. The fourth-order valence-corrected chi connectivity index (χ4v) is 3.81. The first-order chi connectivity index (χ1) is 8.17. The first-order valence-electron chi connectivity index (χ1n) is 7.61. The highest BCUT2D eigenvalue weighted by atomic mass is 15.2. The van der Waals surface area contributed by atoms with Gasteiger partial charge >= 0.3 is 0 Å². The van der Waals surface area contributed by atoms with Crippen molar-refractivity contribution in [2.75, 3.05) is 32.7 Å². The Balaban J connectivity index is 1.92. The van der Waals surface area contributed by atoms with Crippen LogP contribution in [0.3, 0.4) is 0 Å². The lowest BCUT2D eigenvalue weighted by atomic mass is 9.81. The van der Waals surface area contributed by atoms with Gasteiger partial charge in [-0.05, 0) is 56.0 Å². The molecule has 100 valence electrons. The molecule has 0 spiro atoms. The summed E-state index contributed by atoms with van der Waals surface area (Å²) < 4.78 is 0. The van der Waals surface area contributed by atoms with Crippen molar-refractivity contribution in [2.24, 2.45) is 10.8 Å². The molecule has 2 nitrogen and oxygen atoms in total. The van der Waals surface area contributed by atoms with E-state index < -0.39 is 0 Å². The highest BCUT2D eigenvalue weighted by molar-refractivity contribution is 4.94. The van der Waals surface area contributed by atoms with E-state index in [4.69, 9.17) is 0 Å². The minimum Gasteiger partial charge on any atom is -0.316 e. The highest BCUT2D eigenvalue weighted by Crippen LogP contribution is 2.39. The molecule has 1 N–H and O–H groups in total. The molecule has 0 radical (unpaired) electrons. The topological polar surface area (TPSA) is 15.3 Å². The van der Waals surface area contributed by atoms with E-state index in [-0.39, 0.29) is 0 Å². The van der Waals surface area contributed by atoms with Crippen LogP contribution in [0.1, 0.15) is 52.9 Å². The summed E-state index contributed by atoms with van der Waals surface area (Å²) in [4.78, 5) is 2.75. The van der Waals surface area contributed by atoms with Crippen molar-refractivity contribution in [1.29, 1.82) is 0 Å². The van der Waals surface area contributed by atoms with Gasteiger partial charge in [-0.25, -0.2) is 0 Å². The maximum Gasteiger partial charge on any atom is 0.00508 e. The van der Waals surface area contributed by atoms with Gasteiger partial charge in [0.15, 0.2) is 0 Å². The molecule has 0 amide bonds. The van der Waals surface area contributed by atoms with Gasteiger partial charge in [0.2, 0.25) is 0 Å². The van der Waals surface area contributed by atoms with Gasteiger partial charge in [-0.3, -0.25) is 0 Å². The minimum atomic E-state index is 0.581. The first-order valence-corrected chi connectivity index (χ1v) is 7.61. The van der Waals surface area contributed by atoms with Crippen LogP contribution in [0.15, 0.2) is 0 Å². The zero-order chi connectivity index (χ0) is 12.4. The van der Waals surface area contributed by atoms with Crippen molar-refractivity contribution in [3.63, 3.8) is 0 Å². The molecule has 0 aliphatic carbocycles. The quantitative estimate of drug-likeness (QED) is 0.792. The number of likely N-dealkylation sites (tertiary alicyclic amines) is 1. The van der Waals surface area contributed by atoms with Crippen LogP contribution in [0.25, 0.3) is 0 Å². The molecule has 1 atom stereocenters. The van der Waals surface area contributed by atoms with E-state index in [1.165, 1.54) is 64.8 Å². The average molecular weight is 238 g/mol. The second-order valence-corrected chi connectivity index (χ2v) is 6.45. The lowest BCUT2D eigenvalue weighted by Crippen LogP contribution is -2.39. The molecule has 2 heteroatoms. The summed E-state index contributed by atoms with van der Waals surface area (Å²) in [6, 6.07) is 0. The Morgan fingerprint density at radius 1 is 1.00 bits per heavy atom. The van der Waals surface area contributed by atoms with E-state index >= 15 is 0 Å². The number of hydrogen-bond acceptors (Lipinski definition) is 2. The first kappa shape index (κ1) is 13.4. The normalized spacial score (nSPS) is 33.4. The smallest absolute Gasteiger partial charge is 0.00508 e. The van der Waals surface area contributed by atoms with Crippen LogP contribution in [0.5, 0.6) is 0 Å². The molecule has 2 heterocycles. The van der Waals surface area contributed by atoms with Crippen LogP contribution in [-0.4, -0.2) is 37.6 Å². The van der Waals surface area contributed by atoms with E-state index in [0.29, 0.717) is 10.8 Å². The van der Waals surface area contributed by atoms with Crippen molar-refractivity contribution < 1.29 is 0 Å². The number of nitrogens with zero attached hydrogens (tertiary/aromatic N) is 1. The second kappa shape index (κ2) is 5.27. The molecular formula is C15H30N2. The van der Waals surface area contributed by atoms with Gasteiger partial charge in [0.1, 0.15) is 0 Å². The maximum atomic E-state index is 3.56. The van der Waals surface area contributed by atoms with Gasteiger partial charge in [-0.1, -0.05) is 20.8 Å². The van der Waals surface area contributed by atoms with Gasteiger partial charge in [0, 0.05) is 19.6 Å². The van der Waals surface area contributed by atoms with Crippen LogP contribution in [0.2, 0.25) is 0 Å². The van der Waals surface area contributed by atoms with Crippen molar-refractivity contribution >= 4 is 0 Å². The number of rotatable bonds is 5. The Morgan fingerprint density at radius 2 is 1.71 bits per heavy atom. The van der Waals surface area contributed by atoms with Crippen LogP contribution in [0.4, 0.5) is 0 Å². The summed E-state index contributed by atoms with van der Waals surface area (Å²) in [7, 11) is 0. The van der Waals surface area contributed by atoms with E-state index in [1.807, 2.05) is 0 Å². The molecule has 17 heavy (non-hydrogen) atoms. The molecule has 2 rings (SSSR count). The molecule has 2 aliphatic heterocycles. The monoisotopic (exact) mass is 238 g/mol. The van der Waals surface area contributed by atoms with Gasteiger partial charge in [-0.15, -0.1) is 0 Å². The van der Waals surface area contributed by atoms with Crippen LogP contribution in [0, 0.1) is 10.8 Å². The summed E-state index contributed by atoms with van der Waals surface area (Å²) in [5, 5.41) is 3.56. The third-order valence-electron chi connectivity index (χ3n) is 5.66. The molecule has 0 aromatic carbocycles. The third kappa shape index (κ3) is 2.68. The molecule has 0 aromatic heterocycles. The summed E-state index contributed by atoms with van der Waals surface area (Å²) >= 11 is 0. The Bertz CT molecular complexity index is 239. The zero-order valence-corrected chi connectivity index (χ0v) is 12.0. The molecule has 0 aromatic rings. The zero-order valence-electron chi connectivity index (χ0n) is 12.0. The van der Waals surface area contributed by atoms with Gasteiger partial charge in [-0.2, -0.15) is 0 Å². The Hall–Kier alpha value is -0.0800. The SMILES string of the molecule is CCC1(CC)CCN(CC2(CC)CCNC2)C1. The molecule has 2 saturated heterocycles. The Labute approximate surface area is 107 Å². The molecule has 2 fully saturated rings. The summed E-state index contributed by atoms with van der Waals surface area (Å²) in [6.45, 7) is 13.6. The van der Waals surface area contributed by atoms with Crippen molar-refractivity contribution in [3.8, 4) is 0 Å². The predicted molar refractivity (Wildman–Crippen MR) is 74.3 cm³/mol. The fourth-order valence-electron chi connectivity index (χ4n) is 3.81. The van der Waals surface area contributed by atoms with Gasteiger partial charge in [0.25, 0.3) is 0 Å². The third-order valence-corrected chi connectivity index (χ3v) is 5.66. The van der Waals surface area contributed by atoms with Crippen LogP contribution in [-0.2, 0) is 0 Å². The van der Waals surface area contributed by atoms with Gasteiger partial charge in [0.05, 0.1) is 0 Å². The maximum absolute atomic E-state index is 3.56. The molecule has 0 bridgehead atoms. The second-order valence-electron chi connectivity index (χ2n) is 6.45. The summed E-state index contributed by atoms with van der Waals surface area (Å²) in [5.41, 5.74) is 1.22. The lowest BCUT2D eigenvalue weighted by Gasteiger charge is -2.33. The van der Waals surface area contributed by atoms with Crippen LogP contribution >= 0.6 is 0 Å². The number of hydrogen-bond donors (Lipinski definition) is 1. The molecule has 0 saturated carbocycles. The van der Waals surface area contributed by atoms with E-state index in [9.17, 15) is 0 Å². The standard InChI is InChI=1S/C15H30N2/c1-4-14(5-2)8-10-17(12-14)13-15(6-3)7-9-16-11-15/h16H,4-13H2,1-3H3. The summed E-state index contributed by atoms with van der Waals surface area (Å²) in [5.74, 6) is 0. The van der Waals surface area contributed by atoms with Crippen molar-refractivity contribution in [3.05, 3.63) is 0 Å². The van der Waals surface area contributed by atoms with Gasteiger partial charge < -0.3 is 10.2 Å². The minimum absolute atomic E-state index is 0.581. The average Bonchev–Trinajstić information content (AvgIpc) is 2.98.